The lowest BCUT2D eigenvalue weighted by atomic mass is 9.90. The number of anilines is 1. The first-order valence-electron chi connectivity index (χ1n) is 12.5. The molecule has 0 saturated carbocycles. The fourth-order valence-corrected chi connectivity index (χ4v) is 4.03. The van der Waals surface area contributed by atoms with Gasteiger partial charge in [-0.25, -0.2) is 0 Å². The highest BCUT2D eigenvalue weighted by Gasteiger charge is 2.31. The van der Waals surface area contributed by atoms with Crippen molar-refractivity contribution in [1.82, 2.24) is 10.6 Å². The van der Waals surface area contributed by atoms with Gasteiger partial charge in [0.25, 0.3) is 5.91 Å². The van der Waals surface area contributed by atoms with Crippen LogP contribution in [0.15, 0.2) is 72.8 Å². The smallest absolute Gasteiger partial charge is 0.254 e. The predicted octanol–water partition coefficient (Wildman–Crippen LogP) is 4.11. The zero-order chi connectivity index (χ0) is 27.2. The second-order valence-corrected chi connectivity index (χ2v) is 10.1. The summed E-state index contributed by atoms with van der Waals surface area (Å²) in [6.07, 6.45) is 0.906. The standard InChI is InChI=1S/C30H36N4O3/c1-19(2)33-28(36)25-22(21-13-9-6-10-14-21)16-17-23(26(25)31)27(35)24(34-29(37)30(3,4)32)18-15-20-11-7-5-8-12-20/h5-14,16-17,19,24H,15,18,31-32H2,1-4H3,(H,33,36)(H,34,37). The molecule has 0 fully saturated rings. The summed E-state index contributed by atoms with van der Waals surface area (Å²) >= 11 is 0. The van der Waals surface area contributed by atoms with Crippen molar-refractivity contribution in [2.45, 2.75) is 58.2 Å². The normalized spacial score (nSPS) is 12.2. The highest BCUT2D eigenvalue weighted by molar-refractivity contribution is 6.13. The number of hydrogen-bond acceptors (Lipinski definition) is 5. The lowest BCUT2D eigenvalue weighted by molar-refractivity contribution is -0.125. The van der Waals surface area contributed by atoms with Gasteiger partial charge in [-0.2, -0.15) is 0 Å². The van der Waals surface area contributed by atoms with Crippen molar-refractivity contribution in [3.63, 3.8) is 0 Å². The SMILES string of the molecule is CC(C)NC(=O)c1c(-c2ccccc2)ccc(C(=O)C(CCc2ccccc2)NC(=O)C(C)(C)N)c1N. The number of rotatable bonds is 10. The number of nitrogens with two attached hydrogens (primary N) is 2. The molecule has 7 nitrogen and oxygen atoms in total. The van der Waals surface area contributed by atoms with Gasteiger partial charge in [0.05, 0.1) is 22.8 Å². The van der Waals surface area contributed by atoms with Gasteiger partial charge in [0, 0.05) is 11.6 Å². The minimum atomic E-state index is -1.17. The number of ketones is 1. The molecule has 1 atom stereocenters. The van der Waals surface area contributed by atoms with Gasteiger partial charge in [0.15, 0.2) is 5.78 Å². The molecule has 0 aromatic heterocycles. The van der Waals surface area contributed by atoms with Crippen molar-refractivity contribution in [1.29, 1.82) is 0 Å². The number of hydrogen-bond donors (Lipinski definition) is 4. The van der Waals surface area contributed by atoms with Crippen molar-refractivity contribution in [3.05, 3.63) is 89.5 Å². The molecule has 0 aliphatic carbocycles. The van der Waals surface area contributed by atoms with E-state index >= 15 is 0 Å². The van der Waals surface area contributed by atoms with Crippen LogP contribution in [0.25, 0.3) is 11.1 Å². The van der Waals surface area contributed by atoms with Crippen LogP contribution in [0.4, 0.5) is 5.69 Å². The van der Waals surface area contributed by atoms with E-state index in [1.807, 2.05) is 74.5 Å². The maximum atomic E-state index is 13.8. The van der Waals surface area contributed by atoms with E-state index in [2.05, 4.69) is 10.6 Å². The number of carbonyl (C=O) groups excluding carboxylic acids is 3. The van der Waals surface area contributed by atoms with Crippen molar-refractivity contribution in [3.8, 4) is 11.1 Å². The quantitative estimate of drug-likeness (QED) is 0.246. The van der Waals surface area contributed by atoms with Crippen molar-refractivity contribution in [2.75, 3.05) is 5.73 Å². The molecule has 0 heterocycles. The van der Waals surface area contributed by atoms with E-state index in [0.29, 0.717) is 18.4 Å². The van der Waals surface area contributed by atoms with E-state index in [1.165, 1.54) is 0 Å². The Bertz CT molecular complexity index is 1250. The van der Waals surface area contributed by atoms with Gasteiger partial charge in [0.1, 0.15) is 0 Å². The van der Waals surface area contributed by atoms with Crippen LogP contribution in [-0.4, -0.2) is 35.2 Å². The molecule has 1 unspecified atom stereocenters. The minimum Gasteiger partial charge on any atom is -0.397 e. The first-order chi connectivity index (χ1) is 17.5. The molecule has 0 spiro atoms. The molecule has 7 heteroatoms. The fourth-order valence-electron chi connectivity index (χ4n) is 4.03. The molecule has 0 aliphatic rings. The lowest BCUT2D eigenvalue weighted by Crippen LogP contribution is -2.54. The van der Waals surface area contributed by atoms with E-state index in [1.54, 1.807) is 26.0 Å². The molecule has 194 valence electrons. The number of Topliss-reactive ketones (excluding diaryl/α,β-unsaturated/α-hetero) is 1. The molecule has 3 rings (SSSR count). The molecule has 0 bridgehead atoms. The largest absolute Gasteiger partial charge is 0.397 e. The van der Waals surface area contributed by atoms with E-state index in [4.69, 9.17) is 11.5 Å². The Morgan fingerprint density at radius 1 is 0.865 bits per heavy atom. The molecule has 0 saturated heterocycles. The molecular weight excluding hydrogens is 464 g/mol. The van der Waals surface area contributed by atoms with Gasteiger partial charge >= 0.3 is 0 Å². The number of amides is 2. The van der Waals surface area contributed by atoms with Crippen LogP contribution in [0.5, 0.6) is 0 Å². The third kappa shape index (κ3) is 7.05. The first kappa shape index (κ1) is 27.6. The van der Waals surface area contributed by atoms with Crippen LogP contribution >= 0.6 is 0 Å². The van der Waals surface area contributed by atoms with Crippen LogP contribution in [0.1, 0.15) is 60.4 Å². The van der Waals surface area contributed by atoms with Gasteiger partial charge in [-0.3, -0.25) is 14.4 Å². The van der Waals surface area contributed by atoms with Gasteiger partial charge in [-0.15, -0.1) is 0 Å². The highest BCUT2D eigenvalue weighted by Crippen LogP contribution is 2.31. The summed E-state index contributed by atoms with van der Waals surface area (Å²) in [6.45, 7) is 6.88. The first-order valence-corrected chi connectivity index (χ1v) is 12.5. The summed E-state index contributed by atoms with van der Waals surface area (Å²) in [6, 6.07) is 21.5. The summed E-state index contributed by atoms with van der Waals surface area (Å²) in [7, 11) is 0. The number of nitrogen functional groups attached to an aromatic ring is 1. The zero-order valence-corrected chi connectivity index (χ0v) is 21.9. The Balaban J connectivity index is 2.04. The van der Waals surface area contributed by atoms with Crippen LogP contribution in [0, 0.1) is 0 Å². The zero-order valence-electron chi connectivity index (χ0n) is 21.9. The predicted molar refractivity (Wildman–Crippen MR) is 148 cm³/mol. The molecule has 2 amide bonds. The highest BCUT2D eigenvalue weighted by atomic mass is 16.2. The van der Waals surface area contributed by atoms with E-state index in [-0.39, 0.29) is 34.5 Å². The van der Waals surface area contributed by atoms with Crippen molar-refractivity contribution in [2.24, 2.45) is 5.73 Å². The van der Waals surface area contributed by atoms with Crippen LogP contribution < -0.4 is 22.1 Å². The minimum absolute atomic E-state index is 0.0791. The Morgan fingerprint density at radius 2 is 1.46 bits per heavy atom. The maximum Gasteiger partial charge on any atom is 0.254 e. The summed E-state index contributed by atoms with van der Waals surface area (Å²) < 4.78 is 0. The van der Waals surface area contributed by atoms with E-state index in [0.717, 1.165) is 11.1 Å². The molecule has 0 aliphatic heterocycles. The third-order valence-electron chi connectivity index (χ3n) is 6.01. The number of nitrogens with one attached hydrogen (secondary N) is 2. The lowest BCUT2D eigenvalue weighted by Gasteiger charge is -2.25. The third-order valence-corrected chi connectivity index (χ3v) is 6.01. The maximum absolute atomic E-state index is 13.8. The van der Waals surface area contributed by atoms with Crippen LogP contribution in [0.3, 0.4) is 0 Å². The molecule has 37 heavy (non-hydrogen) atoms. The van der Waals surface area contributed by atoms with E-state index < -0.39 is 17.5 Å². The van der Waals surface area contributed by atoms with Gasteiger partial charge in [-0.05, 0) is 63.3 Å². The Hall–Kier alpha value is -3.97. The van der Waals surface area contributed by atoms with Gasteiger partial charge < -0.3 is 22.1 Å². The molecule has 3 aromatic carbocycles. The number of carbonyl (C=O) groups is 3. The van der Waals surface area contributed by atoms with Crippen molar-refractivity contribution >= 4 is 23.3 Å². The Morgan fingerprint density at radius 3 is 2.03 bits per heavy atom. The van der Waals surface area contributed by atoms with Gasteiger partial charge in [0.2, 0.25) is 5.91 Å². The molecule has 0 radical (unpaired) electrons. The Labute approximate surface area is 218 Å². The van der Waals surface area contributed by atoms with Crippen LogP contribution in [0.2, 0.25) is 0 Å². The van der Waals surface area contributed by atoms with Crippen LogP contribution in [-0.2, 0) is 11.2 Å². The second-order valence-electron chi connectivity index (χ2n) is 10.1. The number of benzene rings is 3. The van der Waals surface area contributed by atoms with E-state index in [9.17, 15) is 14.4 Å². The summed E-state index contributed by atoms with van der Waals surface area (Å²) in [5.41, 5.74) is 14.3. The van der Waals surface area contributed by atoms with Gasteiger partial charge in [-0.1, -0.05) is 66.7 Å². The molecule has 3 aromatic rings. The molecule has 6 N–H and O–H groups in total. The average Bonchev–Trinajstić information content (AvgIpc) is 2.85. The number of aryl methyl sites for hydroxylation is 1. The fraction of sp³-hybridized carbons (Fsp3) is 0.300. The molecular formula is C30H36N4O3. The van der Waals surface area contributed by atoms with Crippen molar-refractivity contribution < 1.29 is 14.4 Å². The monoisotopic (exact) mass is 500 g/mol. The Kier molecular flexibility index (Phi) is 8.84. The average molecular weight is 501 g/mol. The second kappa shape index (κ2) is 11.8. The topological polar surface area (TPSA) is 127 Å². The summed E-state index contributed by atoms with van der Waals surface area (Å²) in [4.78, 5) is 39.8. The summed E-state index contributed by atoms with van der Waals surface area (Å²) in [5, 5.41) is 5.70. The summed E-state index contributed by atoms with van der Waals surface area (Å²) in [5.74, 6) is -1.19.